The van der Waals surface area contributed by atoms with Crippen molar-refractivity contribution in [1.29, 1.82) is 0 Å². The van der Waals surface area contributed by atoms with E-state index in [4.69, 9.17) is 16.3 Å². The summed E-state index contributed by atoms with van der Waals surface area (Å²) in [5, 5.41) is 0. The quantitative estimate of drug-likeness (QED) is 0.605. The molecule has 0 spiro atoms. The lowest BCUT2D eigenvalue weighted by molar-refractivity contribution is 0.0371. The Morgan fingerprint density at radius 3 is 2.58 bits per heavy atom. The molecule has 1 aliphatic carbocycles. The highest BCUT2D eigenvalue weighted by atomic mass is 35.5. The van der Waals surface area contributed by atoms with Crippen molar-refractivity contribution >= 4 is 11.6 Å². The summed E-state index contributed by atoms with van der Waals surface area (Å²) in [4.78, 5) is 0. The summed E-state index contributed by atoms with van der Waals surface area (Å²) >= 11 is 5.77. The van der Waals surface area contributed by atoms with Crippen LogP contribution >= 0.6 is 11.6 Å². The molecule has 0 aromatic rings. The standard InChI is InChI=1S/C10H19ClO/c1-2-9(7-11)8-12-10-5-3-4-6-10/h9-10H,2-8H2,1H3. The summed E-state index contributed by atoms with van der Waals surface area (Å²) < 4.78 is 5.76. The second kappa shape index (κ2) is 5.82. The van der Waals surface area contributed by atoms with Gasteiger partial charge in [0.25, 0.3) is 0 Å². The summed E-state index contributed by atoms with van der Waals surface area (Å²) in [6, 6.07) is 0. The lowest BCUT2D eigenvalue weighted by Gasteiger charge is -2.15. The molecule has 12 heavy (non-hydrogen) atoms. The Bertz CT molecular complexity index is 104. The van der Waals surface area contributed by atoms with Crippen molar-refractivity contribution in [3.05, 3.63) is 0 Å². The molecule has 0 N–H and O–H groups in total. The largest absolute Gasteiger partial charge is 0.378 e. The van der Waals surface area contributed by atoms with Gasteiger partial charge < -0.3 is 4.74 Å². The van der Waals surface area contributed by atoms with Gasteiger partial charge in [0.15, 0.2) is 0 Å². The van der Waals surface area contributed by atoms with Crippen molar-refractivity contribution in [3.8, 4) is 0 Å². The first-order valence-electron chi connectivity index (χ1n) is 5.04. The van der Waals surface area contributed by atoms with Crippen LogP contribution in [0.5, 0.6) is 0 Å². The fraction of sp³-hybridized carbons (Fsp3) is 1.00. The van der Waals surface area contributed by atoms with Gasteiger partial charge in [0.1, 0.15) is 0 Å². The summed E-state index contributed by atoms with van der Waals surface area (Å²) in [6.07, 6.45) is 6.90. The van der Waals surface area contributed by atoms with Crippen molar-refractivity contribution < 1.29 is 4.74 Å². The van der Waals surface area contributed by atoms with Gasteiger partial charge in [0.2, 0.25) is 0 Å². The van der Waals surface area contributed by atoms with Crippen molar-refractivity contribution in [2.75, 3.05) is 12.5 Å². The van der Waals surface area contributed by atoms with E-state index >= 15 is 0 Å². The van der Waals surface area contributed by atoms with Gasteiger partial charge in [0, 0.05) is 5.88 Å². The van der Waals surface area contributed by atoms with Crippen molar-refractivity contribution in [3.63, 3.8) is 0 Å². The molecule has 0 aliphatic heterocycles. The topological polar surface area (TPSA) is 9.23 Å². The molecule has 0 aromatic heterocycles. The molecule has 0 amide bonds. The van der Waals surface area contributed by atoms with E-state index in [-0.39, 0.29) is 0 Å². The van der Waals surface area contributed by atoms with Crippen molar-refractivity contribution in [2.45, 2.75) is 45.1 Å². The maximum Gasteiger partial charge on any atom is 0.0575 e. The van der Waals surface area contributed by atoms with Crippen molar-refractivity contribution in [1.82, 2.24) is 0 Å². The zero-order valence-corrected chi connectivity index (χ0v) is 8.65. The highest BCUT2D eigenvalue weighted by molar-refractivity contribution is 6.18. The number of hydrogen-bond donors (Lipinski definition) is 0. The van der Waals surface area contributed by atoms with Crippen LogP contribution in [0.2, 0.25) is 0 Å². The normalized spacial score (nSPS) is 21.5. The van der Waals surface area contributed by atoms with E-state index in [0.29, 0.717) is 12.0 Å². The van der Waals surface area contributed by atoms with E-state index < -0.39 is 0 Å². The van der Waals surface area contributed by atoms with Gasteiger partial charge in [-0.05, 0) is 25.2 Å². The SMILES string of the molecule is CCC(CCl)COC1CCCC1. The van der Waals surface area contributed by atoms with E-state index in [1.54, 1.807) is 0 Å². The number of alkyl halides is 1. The van der Waals surface area contributed by atoms with Gasteiger partial charge in [-0.3, -0.25) is 0 Å². The molecule has 0 radical (unpaired) electrons. The predicted molar refractivity (Wildman–Crippen MR) is 52.7 cm³/mol. The van der Waals surface area contributed by atoms with Crippen molar-refractivity contribution in [2.24, 2.45) is 5.92 Å². The smallest absolute Gasteiger partial charge is 0.0575 e. The van der Waals surface area contributed by atoms with Crippen LogP contribution in [-0.4, -0.2) is 18.6 Å². The fourth-order valence-corrected chi connectivity index (χ4v) is 1.91. The van der Waals surface area contributed by atoms with Crippen LogP contribution in [0.4, 0.5) is 0 Å². The number of rotatable bonds is 5. The first kappa shape index (κ1) is 10.3. The minimum atomic E-state index is 0.544. The molecule has 1 unspecified atom stereocenters. The van der Waals surface area contributed by atoms with Crippen LogP contribution in [0.25, 0.3) is 0 Å². The maximum atomic E-state index is 5.77. The molecule has 0 saturated heterocycles. The van der Waals surface area contributed by atoms with E-state index in [1.807, 2.05) is 0 Å². The Kier molecular flexibility index (Phi) is 5.01. The van der Waals surface area contributed by atoms with Crippen LogP contribution < -0.4 is 0 Å². The molecule has 1 saturated carbocycles. The lowest BCUT2D eigenvalue weighted by atomic mass is 10.1. The van der Waals surface area contributed by atoms with Crippen LogP contribution in [0.3, 0.4) is 0 Å². The Hall–Kier alpha value is 0.250. The molecular formula is C10H19ClO. The molecule has 2 heteroatoms. The molecule has 0 bridgehead atoms. The minimum absolute atomic E-state index is 0.544. The molecule has 1 atom stereocenters. The molecular weight excluding hydrogens is 172 g/mol. The Balaban J connectivity index is 2.06. The van der Waals surface area contributed by atoms with Gasteiger partial charge in [-0.2, -0.15) is 0 Å². The Morgan fingerprint density at radius 1 is 1.42 bits per heavy atom. The van der Waals surface area contributed by atoms with Crippen LogP contribution in [0.1, 0.15) is 39.0 Å². The maximum absolute atomic E-state index is 5.77. The first-order valence-corrected chi connectivity index (χ1v) is 5.57. The van der Waals surface area contributed by atoms with Crippen LogP contribution in [0.15, 0.2) is 0 Å². The number of hydrogen-bond acceptors (Lipinski definition) is 1. The summed E-state index contributed by atoms with van der Waals surface area (Å²) in [6.45, 7) is 3.04. The van der Waals surface area contributed by atoms with Gasteiger partial charge in [-0.25, -0.2) is 0 Å². The van der Waals surface area contributed by atoms with E-state index in [2.05, 4.69) is 6.92 Å². The Labute approximate surface area is 80.4 Å². The third kappa shape index (κ3) is 3.32. The zero-order chi connectivity index (χ0) is 8.81. The molecule has 1 fully saturated rings. The number of halogens is 1. The van der Waals surface area contributed by atoms with E-state index in [9.17, 15) is 0 Å². The summed E-state index contributed by atoms with van der Waals surface area (Å²) in [5.41, 5.74) is 0. The van der Waals surface area contributed by atoms with Gasteiger partial charge in [-0.15, -0.1) is 11.6 Å². The molecule has 72 valence electrons. The van der Waals surface area contributed by atoms with E-state index in [0.717, 1.165) is 18.9 Å². The second-order valence-electron chi connectivity index (χ2n) is 3.67. The molecule has 1 rings (SSSR count). The summed E-state index contributed by atoms with van der Waals surface area (Å²) in [7, 11) is 0. The Morgan fingerprint density at radius 2 is 2.08 bits per heavy atom. The lowest BCUT2D eigenvalue weighted by Crippen LogP contribution is -2.16. The van der Waals surface area contributed by atoms with Gasteiger partial charge in [0.05, 0.1) is 12.7 Å². The highest BCUT2D eigenvalue weighted by Crippen LogP contribution is 2.21. The average molecular weight is 191 g/mol. The van der Waals surface area contributed by atoms with Crippen LogP contribution in [0, 0.1) is 5.92 Å². The predicted octanol–water partition coefficient (Wildman–Crippen LogP) is 3.21. The van der Waals surface area contributed by atoms with Crippen LogP contribution in [-0.2, 0) is 4.74 Å². The second-order valence-corrected chi connectivity index (χ2v) is 3.98. The van der Waals surface area contributed by atoms with Gasteiger partial charge >= 0.3 is 0 Å². The average Bonchev–Trinajstić information content (AvgIpc) is 2.59. The molecule has 0 aromatic carbocycles. The monoisotopic (exact) mass is 190 g/mol. The van der Waals surface area contributed by atoms with Gasteiger partial charge in [-0.1, -0.05) is 19.8 Å². The zero-order valence-electron chi connectivity index (χ0n) is 7.89. The number of ether oxygens (including phenoxy) is 1. The minimum Gasteiger partial charge on any atom is -0.378 e. The molecule has 1 aliphatic rings. The molecule has 1 nitrogen and oxygen atoms in total. The third-order valence-electron chi connectivity index (χ3n) is 2.67. The first-order chi connectivity index (χ1) is 5.86. The molecule has 0 heterocycles. The van der Waals surface area contributed by atoms with E-state index in [1.165, 1.54) is 25.7 Å². The summed E-state index contributed by atoms with van der Waals surface area (Å²) in [5.74, 6) is 1.30. The third-order valence-corrected chi connectivity index (χ3v) is 3.10. The fourth-order valence-electron chi connectivity index (χ4n) is 1.60. The highest BCUT2D eigenvalue weighted by Gasteiger charge is 2.16.